The molecular weight excluding hydrogens is 220 g/mol. The van der Waals surface area contributed by atoms with Gasteiger partial charge in [0.15, 0.2) is 0 Å². The van der Waals surface area contributed by atoms with Crippen molar-refractivity contribution in [2.45, 2.75) is 25.3 Å². The van der Waals surface area contributed by atoms with Crippen LogP contribution < -0.4 is 11.3 Å². The summed E-state index contributed by atoms with van der Waals surface area (Å²) in [6, 6.07) is 21.1. The summed E-state index contributed by atoms with van der Waals surface area (Å²) >= 11 is 0. The second-order valence-electron chi connectivity index (χ2n) is 4.68. The van der Waals surface area contributed by atoms with E-state index in [9.17, 15) is 0 Å². The van der Waals surface area contributed by atoms with Crippen LogP contribution in [0.3, 0.4) is 0 Å². The zero-order chi connectivity index (χ0) is 12.8. The predicted octanol–water partition coefficient (Wildman–Crippen LogP) is 3.38. The molecule has 2 aromatic rings. The number of hydrogen-bond acceptors (Lipinski definition) is 2. The molecule has 0 aliphatic heterocycles. The Morgan fingerprint density at radius 2 is 1.39 bits per heavy atom. The molecular formula is C16H20N2. The van der Waals surface area contributed by atoms with Gasteiger partial charge in [-0.05, 0) is 23.5 Å². The third-order valence-electron chi connectivity index (χ3n) is 3.36. The number of benzene rings is 2. The molecule has 18 heavy (non-hydrogen) atoms. The van der Waals surface area contributed by atoms with E-state index in [4.69, 9.17) is 5.84 Å². The first-order valence-electron chi connectivity index (χ1n) is 6.37. The van der Waals surface area contributed by atoms with Gasteiger partial charge in [0.2, 0.25) is 0 Å². The van der Waals surface area contributed by atoms with Gasteiger partial charge in [0, 0.05) is 6.04 Å². The van der Waals surface area contributed by atoms with Crippen LogP contribution >= 0.6 is 0 Å². The maximum atomic E-state index is 5.68. The fourth-order valence-corrected chi connectivity index (χ4v) is 2.26. The molecule has 0 aliphatic carbocycles. The second kappa shape index (κ2) is 6.34. The first-order chi connectivity index (χ1) is 8.81. The van der Waals surface area contributed by atoms with Crippen molar-refractivity contribution in [3.8, 4) is 0 Å². The normalized spacial score (nSPS) is 14.1. The molecule has 2 rings (SSSR count). The van der Waals surface area contributed by atoms with E-state index >= 15 is 0 Å². The van der Waals surface area contributed by atoms with Crippen molar-refractivity contribution in [3.05, 3.63) is 71.8 Å². The first-order valence-corrected chi connectivity index (χ1v) is 6.37. The SMILES string of the molecule is CC(CC(NN)c1ccccc1)c1ccccc1. The molecule has 0 aromatic heterocycles. The van der Waals surface area contributed by atoms with Crippen LogP contribution in [0.4, 0.5) is 0 Å². The molecule has 2 aromatic carbocycles. The Morgan fingerprint density at radius 3 is 1.89 bits per heavy atom. The van der Waals surface area contributed by atoms with E-state index in [1.54, 1.807) is 0 Å². The van der Waals surface area contributed by atoms with Crippen molar-refractivity contribution in [1.29, 1.82) is 0 Å². The summed E-state index contributed by atoms with van der Waals surface area (Å²) in [5.41, 5.74) is 5.51. The summed E-state index contributed by atoms with van der Waals surface area (Å²) in [7, 11) is 0. The average molecular weight is 240 g/mol. The van der Waals surface area contributed by atoms with Crippen LogP contribution in [0.5, 0.6) is 0 Å². The van der Waals surface area contributed by atoms with E-state index in [1.165, 1.54) is 11.1 Å². The lowest BCUT2D eigenvalue weighted by Crippen LogP contribution is -2.29. The van der Waals surface area contributed by atoms with Crippen molar-refractivity contribution in [3.63, 3.8) is 0 Å². The highest BCUT2D eigenvalue weighted by atomic mass is 15.2. The smallest absolute Gasteiger partial charge is 0.0465 e. The molecule has 2 unspecified atom stereocenters. The van der Waals surface area contributed by atoms with Gasteiger partial charge in [0.05, 0.1) is 0 Å². The summed E-state index contributed by atoms with van der Waals surface area (Å²) in [5, 5.41) is 0. The van der Waals surface area contributed by atoms with Crippen LogP contribution in [0.2, 0.25) is 0 Å². The van der Waals surface area contributed by atoms with Gasteiger partial charge in [0.1, 0.15) is 0 Å². The molecule has 94 valence electrons. The molecule has 3 N–H and O–H groups in total. The van der Waals surface area contributed by atoms with Gasteiger partial charge in [-0.25, -0.2) is 0 Å². The Balaban J connectivity index is 2.07. The van der Waals surface area contributed by atoms with Crippen molar-refractivity contribution in [2.75, 3.05) is 0 Å². The van der Waals surface area contributed by atoms with Crippen LogP contribution in [0.15, 0.2) is 60.7 Å². The third-order valence-corrected chi connectivity index (χ3v) is 3.36. The molecule has 0 saturated carbocycles. The number of hydrazine groups is 1. The largest absolute Gasteiger partial charge is 0.271 e. The van der Waals surface area contributed by atoms with Gasteiger partial charge in [-0.15, -0.1) is 0 Å². The zero-order valence-electron chi connectivity index (χ0n) is 10.7. The summed E-state index contributed by atoms with van der Waals surface area (Å²) < 4.78 is 0. The quantitative estimate of drug-likeness (QED) is 0.621. The Bertz CT molecular complexity index is 453. The van der Waals surface area contributed by atoms with E-state index in [-0.39, 0.29) is 6.04 Å². The molecule has 0 radical (unpaired) electrons. The molecule has 2 nitrogen and oxygen atoms in total. The maximum Gasteiger partial charge on any atom is 0.0465 e. The number of nitrogens with two attached hydrogens (primary N) is 1. The Hall–Kier alpha value is -1.64. The van der Waals surface area contributed by atoms with Crippen LogP contribution in [0.1, 0.15) is 36.4 Å². The minimum atomic E-state index is 0.196. The molecule has 0 heterocycles. The molecule has 0 fully saturated rings. The van der Waals surface area contributed by atoms with E-state index < -0.39 is 0 Å². The topological polar surface area (TPSA) is 38.0 Å². The molecule has 2 atom stereocenters. The van der Waals surface area contributed by atoms with E-state index in [1.807, 2.05) is 24.3 Å². The van der Waals surface area contributed by atoms with Crippen LogP contribution in [0, 0.1) is 0 Å². The molecule has 0 bridgehead atoms. The average Bonchev–Trinajstić information content (AvgIpc) is 2.46. The molecule has 0 aliphatic rings. The molecule has 0 amide bonds. The lowest BCUT2D eigenvalue weighted by atomic mass is 9.91. The number of nitrogens with one attached hydrogen (secondary N) is 1. The Labute approximate surface area is 109 Å². The Morgan fingerprint density at radius 1 is 0.889 bits per heavy atom. The molecule has 2 heteroatoms. The highest BCUT2D eigenvalue weighted by Gasteiger charge is 2.14. The van der Waals surface area contributed by atoms with Gasteiger partial charge in [0.25, 0.3) is 0 Å². The fourth-order valence-electron chi connectivity index (χ4n) is 2.26. The van der Waals surface area contributed by atoms with Gasteiger partial charge in [-0.1, -0.05) is 67.6 Å². The minimum Gasteiger partial charge on any atom is -0.271 e. The monoisotopic (exact) mass is 240 g/mol. The maximum absolute atomic E-state index is 5.68. The van der Waals surface area contributed by atoms with Gasteiger partial charge < -0.3 is 0 Å². The van der Waals surface area contributed by atoms with Crippen molar-refractivity contribution < 1.29 is 0 Å². The minimum absolute atomic E-state index is 0.196. The van der Waals surface area contributed by atoms with Crippen molar-refractivity contribution in [1.82, 2.24) is 5.43 Å². The molecule has 0 spiro atoms. The third kappa shape index (κ3) is 3.19. The van der Waals surface area contributed by atoms with Gasteiger partial charge in [-0.2, -0.15) is 0 Å². The fraction of sp³-hybridized carbons (Fsp3) is 0.250. The number of hydrogen-bond donors (Lipinski definition) is 2. The highest BCUT2D eigenvalue weighted by Crippen LogP contribution is 2.27. The zero-order valence-corrected chi connectivity index (χ0v) is 10.7. The van der Waals surface area contributed by atoms with E-state index in [0.29, 0.717) is 5.92 Å². The lowest BCUT2D eigenvalue weighted by Gasteiger charge is -2.21. The van der Waals surface area contributed by atoms with Crippen molar-refractivity contribution >= 4 is 0 Å². The van der Waals surface area contributed by atoms with E-state index in [0.717, 1.165) is 6.42 Å². The summed E-state index contributed by atoms with van der Waals surface area (Å²) in [5.74, 6) is 6.16. The lowest BCUT2D eigenvalue weighted by molar-refractivity contribution is 0.477. The summed E-state index contributed by atoms with van der Waals surface area (Å²) in [6.07, 6.45) is 0.991. The van der Waals surface area contributed by atoms with Crippen molar-refractivity contribution in [2.24, 2.45) is 5.84 Å². The molecule has 0 saturated heterocycles. The first kappa shape index (κ1) is 12.8. The predicted molar refractivity (Wildman–Crippen MR) is 76.0 cm³/mol. The summed E-state index contributed by atoms with van der Waals surface area (Å²) in [6.45, 7) is 2.24. The number of rotatable bonds is 5. The second-order valence-corrected chi connectivity index (χ2v) is 4.68. The van der Waals surface area contributed by atoms with Crippen LogP contribution in [-0.4, -0.2) is 0 Å². The van der Waals surface area contributed by atoms with Crippen LogP contribution in [0.25, 0.3) is 0 Å². The highest BCUT2D eigenvalue weighted by molar-refractivity contribution is 5.22. The van der Waals surface area contributed by atoms with E-state index in [2.05, 4.69) is 48.7 Å². The standard InChI is InChI=1S/C16H20N2/c1-13(14-8-4-2-5-9-14)12-16(18-17)15-10-6-3-7-11-15/h2-11,13,16,18H,12,17H2,1H3. The Kier molecular flexibility index (Phi) is 4.51. The van der Waals surface area contributed by atoms with Crippen LogP contribution in [-0.2, 0) is 0 Å². The van der Waals surface area contributed by atoms with Gasteiger partial charge in [-0.3, -0.25) is 11.3 Å². The van der Waals surface area contributed by atoms with Gasteiger partial charge >= 0.3 is 0 Å². The summed E-state index contributed by atoms with van der Waals surface area (Å²) in [4.78, 5) is 0.